The van der Waals surface area contributed by atoms with Crippen LogP contribution >= 0.6 is 12.2 Å². The second-order valence-electron chi connectivity index (χ2n) is 3.68. The average Bonchev–Trinajstić information content (AvgIpc) is 2.30. The molecule has 0 aromatic heterocycles. The van der Waals surface area contributed by atoms with Crippen molar-refractivity contribution < 1.29 is 17.9 Å². The summed E-state index contributed by atoms with van der Waals surface area (Å²) in [7, 11) is 1.53. The number of rotatable bonds is 4. The minimum atomic E-state index is -1.53. The van der Waals surface area contributed by atoms with Gasteiger partial charge >= 0.3 is 0 Å². The summed E-state index contributed by atoms with van der Waals surface area (Å²) in [5, 5.41) is 5.36. The lowest BCUT2D eigenvalue weighted by Crippen LogP contribution is -2.38. The van der Waals surface area contributed by atoms with Crippen LogP contribution in [0.4, 0.5) is 18.9 Å². The molecule has 7 heteroatoms. The zero-order chi connectivity index (χ0) is 13.7. The maximum absolute atomic E-state index is 13.3. The Balaban J connectivity index is 2.68. The fourth-order valence-electron chi connectivity index (χ4n) is 1.30. The van der Waals surface area contributed by atoms with Crippen LogP contribution in [0.5, 0.6) is 0 Å². The van der Waals surface area contributed by atoms with Crippen LogP contribution in [-0.4, -0.2) is 24.9 Å². The van der Waals surface area contributed by atoms with Crippen molar-refractivity contribution >= 4 is 23.0 Å². The first-order chi connectivity index (χ1) is 8.45. The molecule has 0 spiro atoms. The molecule has 1 aromatic carbocycles. The highest BCUT2D eigenvalue weighted by atomic mass is 32.1. The minimum Gasteiger partial charge on any atom is -0.383 e. The molecule has 2 N–H and O–H groups in total. The lowest BCUT2D eigenvalue weighted by molar-refractivity contribution is 0.179. The molecule has 0 saturated carbocycles. The summed E-state index contributed by atoms with van der Waals surface area (Å²) >= 11 is 4.90. The van der Waals surface area contributed by atoms with Crippen LogP contribution in [0, 0.1) is 17.5 Å². The number of ether oxygens (including phenoxy) is 1. The number of methoxy groups -OCH3 is 1. The molecule has 100 valence electrons. The molecule has 1 rings (SSSR count). The van der Waals surface area contributed by atoms with Gasteiger partial charge in [-0.2, -0.15) is 0 Å². The Kier molecular flexibility index (Phi) is 5.36. The first kappa shape index (κ1) is 14.7. The highest BCUT2D eigenvalue weighted by Gasteiger charge is 2.14. The number of thiocarbonyl (C=S) groups is 1. The summed E-state index contributed by atoms with van der Waals surface area (Å²) in [6, 6.07) is 1.80. The van der Waals surface area contributed by atoms with E-state index >= 15 is 0 Å². The van der Waals surface area contributed by atoms with E-state index in [9.17, 15) is 13.2 Å². The van der Waals surface area contributed by atoms with Crippen molar-refractivity contribution in [3.8, 4) is 0 Å². The normalized spacial score (nSPS) is 12.1. The summed E-state index contributed by atoms with van der Waals surface area (Å²) in [6.45, 7) is 2.21. The molecule has 0 saturated heterocycles. The quantitative estimate of drug-likeness (QED) is 0.654. The number of nitrogens with one attached hydrogen (secondary N) is 2. The van der Waals surface area contributed by atoms with Crippen molar-refractivity contribution in [2.24, 2.45) is 0 Å². The first-order valence-electron chi connectivity index (χ1n) is 5.15. The monoisotopic (exact) mass is 278 g/mol. The van der Waals surface area contributed by atoms with Crippen LogP contribution in [0.25, 0.3) is 0 Å². The molecule has 0 heterocycles. The molecule has 0 unspecified atom stereocenters. The van der Waals surface area contributed by atoms with Crippen molar-refractivity contribution in [1.29, 1.82) is 0 Å². The summed E-state index contributed by atoms with van der Waals surface area (Å²) in [6.07, 6.45) is 0. The fourth-order valence-corrected chi connectivity index (χ4v) is 1.61. The third kappa shape index (κ3) is 3.85. The molecular weight excluding hydrogens is 265 g/mol. The average molecular weight is 278 g/mol. The van der Waals surface area contributed by atoms with Gasteiger partial charge in [-0.3, -0.25) is 0 Å². The van der Waals surface area contributed by atoms with Gasteiger partial charge < -0.3 is 15.4 Å². The maximum atomic E-state index is 13.3. The summed E-state index contributed by atoms with van der Waals surface area (Å²) in [4.78, 5) is 0. The van der Waals surface area contributed by atoms with Crippen LogP contribution in [0.1, 0.15) is 6.92 Å². The highest BCUT2D eigenvalue weighted by molar-refractivity contribution is 7.80. The molecule has 0 amide bonds. The molecule has 1 aromatic rings. The largest absolute Gasteiger partial charge is 0.383 e. The number of benzene rings is 1. The Bertz CT molecular complexity index is 443. The van der Waals surface area contributed by atoms with Crippen molar-refractivity contribution in [2.45, 2.75) is 13.0 Å². The van der Waals surface area contributed by atoms with E-state index in [4.69, 9.17) is 17.0 Å². The second-order valence-corrected chi connectivity index (χ2v) is 4.09. The number of hydrogen-bond donors (Lipinski definition) is 2. The summed E-state index contributed by atoms with van der Waals surface area (Å²) in [5.74, 6) is -4.09. The van der Waals surface area contributed by atoms with Gasteiger partial charge in [0.15, 0.2) is 22.6 Å². The predicted molar refractivity (Wildman–Crippen MR) is 67.0 cm³/mol. The lowest BCUT2D eigenvalue weighted by atomic mass is 10.3. The van der Waals surface area contributed by atoms with Crippen LogP contribution in [-0.2, 0) is 4.74 Å². The van der Waals surface area contributed by atoms with Crippen molar-refractivity contribution in [2.75, 3.05) is 19.0 Å². The number of hydrogen-bond acceptors (Lipinski definition) is 2. The third-order valence-corrected chi connectivity index (χ3v) is 2.30. The van der Waals surface area contributed by atoms with E-state index < -0.39 is 17.5 Å². The zero-order valence-corrected chi connectivity index (χ0v) is 10.7. The summed E-state index contributed by atoms with van der Waals surface area (Å²) < 4.78 is 43.8. The van der Waals surface area contributed by atoms with Gasteiger partial charge in [0.1, 0.15) is 0 Å². The molecule has 0 bridgehead atoms. The van der Waals surface area contributed by atoms with Crippen LogP contribution < -0.4 is 10.6 Å². The molecule has 0 aliphatic rings. The van der Waals surface area contributed by atoms with E-state index in [0.29, 0.717) is 6.61 Å². The Labute approximate surface area is 108 Å². The summed E-state index contributed by atoms with van der Waals surface area (Å²) in [5.41, 5.74) is -0.226. The first-order valence-corrected chi connectivity index (χ1v) is 5.56. The third-order valence-electron chi connectivity index (χ3n) is 2.08. The maximum Gasteiger partial charge on any atom is 0.196 e. The van der Waals surface area contributed by atoms with Crippen molar-refractivity contribution in [3.05, 3.63) is 29.6 Å². The molecule has 3 nitrogen and oxygen atoms in total. The topological polar surface area (TPSA) is 33.3 Å². The fraction of sp³-hybridized carbons (Fsp3) is 0.364. The van der Waals surface area contributed by atoms with Gasteiger partial charge in [-0.1, -0.05) is 0 Å². The Hall–Kier alpha value is -1.34. The molecule has 18 heavy (non-hydrogen) atoms. The highest BCUT2D eigenvalue weighted by Crippen LogP contribution is 2.19. The van der Waals surface area contributed by atoms with E-state index in [1.54, 1.807) is 6.92 Å². The van der Waals surface area contributed by atoms with Gasteiger partial charge in [0.2, 0.25) is 0 Å². The van der Waals surface area contributed by atoms with E-state index in [1.807, 2.05) is 0 Å². The molecule has 0 aliphatic heterocycles. The Morgan fingerprint density at radius 3 is 2.61 bits per heavy atom. The van der Waals surface area contributed by atoms with Crippen LogP contribution in [0.15, 0.2) is 12.1 Å². The van der Waals surface area contributed by atoms with Gasteiger partial charge in [0.25, 0.3) is 0 Å². The number of anilines is 1. The predicted octanol–water partition coefficient (Wildman–Crippen LogP) is 2.43. The van der Waals surface area contributed by atoms with Gasteiger partial charge in [-0.15, -0.1) is 0 Å². The second kappa shape index (κ2) is 6.55. The van der Waals surface area contributed by atoms with Crippen molar-refractivity contribution in [1.82, 2.24) is 5.32 Å². The van der Waals surface area contributed by atoms with Gasteiger partial charge in [-0.05, 0) is 31.3 Å². The van der Waals surface area contributed by atoms with Gasteiger partial charge in [0, 0.05) is 13.2 Å². The molecule has 0 radical (unpaired) electrons. The van der Waals surface area contributed by atoms with E-state index in [2.05, 4.69) is 10.6 Å². The zero-order valence-electron chi connectivity index (χ0n) is 9.89. The molecule has 1 atom stereocenters. The molecule has 0 aliphatic carbocycles. The van der Waals surface area contributed by atoms with Gasteiger partial charge in [-0.25, -0.2) is 13.2 Å². The number of halogens is 3. The SMILES string of the molecule is COC[C@@H](C)NC(=S)Nc1ccc(F)c(F)c1F. The van der Waals surface area contributed by atoms with E-state index in [0.717, 1.165) is 12.1 Å². The smallest absolute Gasteiger partial charge is 0.196 e. The van der Waals surface area contributed by atoms with Crippen LogP contribution in [0.3, 0.4) is 0 Å². The van der Waals surface area contributed by atoms with E-state index in [-0.39, 0.29) is 16.8 Å². The molecule has 0 fully saturated rings. The van der Waals surface area contributed by atoms with Crippen molar-refractivity contribution in [3.63, 3.8) is 0 Å². The van der Waals surface area contributed by atoms with Gasteiger partial charge in [0.05, 0.1) is 12.3 Å². The standard InChI is InChI=1S/C11H13F3N2OS/c1-6(5-17-2)15-11(18)16-8-4-3-7(12)9(13)10(8)14/h3-4,6H,5H2,1-2H3,(H2,15,16,18)/t6-/m1/s1. The Morgan fingerprint density at radius 2 is 2.00 bits per heavy atom. The minimum absolute atomic E-state index is 0.0941. The molecular formula is C11H13F3N2OS. The van der Waals surface area contributed by atoms with Crippen LogP contribution in [0.2, 0.25) is 0 Å². The lowest BCUT2D eigenvalue weighted by Gasteiger charge is -2.16. The Morgan fingerprint density at radius 1 is 1.33 bits per heavy atom. The van der Waals surface area contributed by atoms with E-state index in [1.165, 1.54) is 7.11 Å².